The molecule has 0 radical (unpaired) electrons. The lowest BCUT2D eigenvalue weighted by molar-refractivity contribution is 0.132. The molecule has 1 aromatic carbocycles. The molecule has 0 unspecified atom stereocenters. The highest BCUT2D eigenvalue weighted by molar-refractivity contribution is 5.37. The predicted molar refractivity (Wildman–Crippen MR) is 117 cm³/mol. The molecule has 7 nitrogen and oxygen atoms in total. The van der Waals surface area contributed by atoms with Crippen molar-refractivity contribution in [3.05, 3.63) is 50.9 Å². The molecule has 1 aromatic heterocycles. The van der Waals surface area contributed by atoms with Crippen LogP contribution in [0, 0.1) is 0 Å². The van der Waals surface area contributed by atoms with E-state index in [4.69, 9.17) is 14.5 Å². The van der Waals surface area contributed by atoms with E-state index < -0.39 is 0 Å². The van der Waals surface area contributed by atoms with Gasteiger partial charge in [-0.25, -0.2) is 4.98 Å². The quantitative estimate of drug-likeness (QED) is 0.754. The first-order chi connectivity index (χ1) is 14.7. The Morgan fingerprint density at radius 1 is 1.13 bits per heavy atom. The second-order valence-corrected chi connectivity index (χ2v) is 8.07. The van der Waals surface area contributed by atoms with Crippen LogP contribution in [0.2, 0.25) is 0 Å². The Balaban J connectivity index is 1.46. The van der Waals surface area contributed by atoms with E-state index >= 15 is 0 Å². The molecule has 0 amide bonds. The van der Waals surface area contributed by atoms with Crippen molar-refractivity contribution in [1.29, 1.82) is 0 Å². The second-order valence-electron chi connectivity index (χ2n) is 8.07. The van der Waals surface area contributed by atoms with E-state index in [2.05, 4.69) is 26.9 Å². The molecule has 7 heteroatoms. The zero-order chi connectivity index (χ0) is 20.9. The van der Waals surface area contributed by atoms with Gasteiger partial charge in [0.2, 0.25) is 5.95 Å². The molecule has 4 rings (SSSR count). The van der Waals surface area contributed by atoms with Crippen LogP contribution in [0.25, 0.3) is 0 Å². The fraction of sp³-hybridized carbons (Fsp3) is 0.565. The Morgan fingerprint density at radius 3 is 2.70 bits per heavy atom. The smallest absolute Gasteiger partial charge is 0.255 e. The average molecular weight is 413 g/mol. The highest BCUT2D eigenvalue weighted by Crippen LogP contribution is 2.23. The third-order valence-corrected chi connectivity index (χ3v) is 6.05. The van der Waals surface area contributed by atoms with Crippen LogP contribution in [0.3, 0.4) is 0 Å². The van der Waals surface area contributed by atoms with Crippen molar-refractivity contribution < 1.29 is 9.47 Å². The van der Waals surface area contributed by atoms with Crippen LogP contribution in [0.5, 0.6) is 5.75 Å². The maximum absolute atomic E-state index is 12.7. The van der Waals surface area contributed by atoms with Crippen molar-refractivity contribution in [3.63, 3.8) is 0 Å². The molecule has 1 saturated heterocycles. The van der Waals surface area contributed by atoms with Crippen molar-refractivity contribution in [2.24, 2.45) is 0 Å². The largest absolute Gasteiger partial charge is 0.496 e. The topological polar surface area (TPSA) is 70.7 Å². The minimum Gasteiger partial charge on any atom is -0.496 e. The Bertz CT molecular complexity index is 921. The zero-order valence-corrected chi connectivity index (χ0v) is 18.1. The first-order valence-electron chi connectivity index (χ1n) is 11.0. The molecule has 3 heterocycles. The van der Waals surface area contributed by atoms with E-state index in [0.29, 0.717) is 13.2 Å². The monoisotopic (exact) mass is 412 g/mol. The number of ether oxygens (including phenoxy) is 2. The van der Waals surface area contributed by atoms with Crippen LogP contribution >= 0.6 is 0 Å². The lowest BCUT2D eigenvalue weighted by atomic mass is 10.1. The normalized spacial score (nSPS) is 17.1. The Labute approximate surface area is 178 Å². The predicted octanol–water partition coefficient (Wildman–Crippen LogP) is 2.52. The number of hydrogen-bond donors (Lipinski definition) is 1. The van der Waals surface area contributed by atoms with Gasteiger partial charge in [-0.1, -0.05) is 6.07 Å². The van der Waals surface area contributed by atoms with Crippen molar-refractivity contribution in [2.45, 2.75) is 45.8 Å². The Morgan fingerprint density at radius 2 is 1.93 bits per heavy atom. The molecule has 2 aliphatic rings. The highest BCUT2D eigenvalue weighted by Gasteiger charge is 2.22. The van der Waals surface area contributed by atoms with Crippen molar-refractivity contribution in [1.82, 2.24) is 14.9 Å². The number of hydrogen-bond acceptors (Lipinski definition) is 6. The summed E-state index contributed by atoms with van der Waals surface area (Å²) in [5, 5.41) is 0. The number of nitrogens with one attached hydrogen (secondary N) is 1. The summed E-state index contributed by atoms with van der Waals surface area (Å²) < 4.78 is 11.1. The second kappa shape index (κ2) is 9.62. The minimum absolute atomic E-state index is 0.0344. The molecule has 162 valence electrons. The van der Waals surface area contributed by atoms with Gasteiger partial charge in [0.15, 0.2) is 0 Å². The number of rotatable bonds is 7. The highest BCUT2D eigenvalue weighted by atomic mass is 16.5. The number of H-pyrrole nitrogens is 1. The summed E-state index contributed by atoms with van der Waals surface area (Å²) in [4.78, 5) is 25.2. The molecule has 0 saturated carbocycles. The summed E-state index contributed by atoms with van der Waals surface area (Å²) in [7, 11) is 1.69. The Hall–Kier alpha value is -2.38. The van der Waals surface area contributed by atoms with Crippen LogP contribution in [-0.4, -0.2) is 54.8 Å². The summed E-state index contributed by atoms with van der Waals surface area (Å²) >= 11 is 0. The number of aromatic nitrogens is 2. The maximum Gasteiger partial charge on any atom is 0.255 e. The van der Waals surface area contributed by atoms with Crippen LogP contribution in [-0.2, 0) is 30.7 Å². The van der Waals surface area contributed by atoms with Crippen LogP contribution in [0.4, 0.5) is 5.95 Å². The number of benzene rings is 1. The number of fused-ring (bicyclic) bond motifs is 1. The fourth-order valence-electron chi connectivity index (χ4n) is 4.39. The van der Waals surface area contributed by atoms with Gasteiger partial charge in [-0.3, -0.25) is 14.7 Å². The van der Waals surface area contributed by atoms with Gasteiger partial charge in [0.1, 0.15) is 5.75 Å². The molecular weight excluding hydrogens is 380 g/mol. The lowest BCUT2D eigenvalue weighted by Crippen LogP contribution is -2.27. The fourth-order valence-corrected chi connectivity index (χ4v) is 4.39. The van der Waals surface area contributed by atoms with E-state index in [1.165, 1.54) is 18.4 Å². The molecule has 0 aliphatic carbocycles. The van der Waals surface area contributed by atoms with Crippen LogP contribution in [0.15, 0.2) is 23.0 Å². The molecule has 0 bridgehead atoms. The summed E-state index contributed by atoms with van der Waals surface area (Å²) in [5.74, 6) is 1.61. The van der Waals surface area contributed by atoms with E-state index in [1.54, 1.807) is 7.11 Å². The first kappa shape index (κ1) is 20.9. The van der Waals surface area contributed by atoms with Crippen molar-refractivity contribution >= 4 is 5.95 Å². The van der Waals surface area contributed by atoms with Gasteiger partial charge in [-0.15, -0.1) is 0 Å². The van der Waals surface area contributed by atoms with E-state index in [-0.39, 0.29) is 5.56 Å². The third kappa shape index (κ3) is 4.68. The Kier molecular flexibility index (Phi) is 6.69. The van der Waals surface area contributed by atoms with Gasteiger partial charge in [0.05, 0.1) is 19.4 Å². The molecule has 30 heavy (non-hydrogen) atoms. The number of anilines is 1. The first-order valence-corrected chi connectivity index (χ1v) is 11.0. The molecule has 0 spiro atoms. The van der Waals surface area contributed by atoms with E-state index in [1.807, 2.05) is 13.0 Å². The average Bonchev–Trinajstić information content (AvgIpc) is 3.22. The van der Waals surface area contributed by atoms with E-state index in [9.17, 15) is 4.79 Å². The number of aromatic amines is 1. The van der Waals surface area contributed by atoms with Gasteiger partial charge in [0, 0.05) is 56.9 Å². The minimum atomic E-state index is 0.0344. The molecule has 0 atom stereocenters. The van der Waals surface area contributed by atoms with Crippen molar-refractivity contribution in [3.8, 4) is 5.75 Å². The molecule has 1 N–H and O–H groups in total. The van der Waals surface area contributed by atoms with Gasteiger partial charge >= 0.3 is 0 Å². The number of nitrogens with zero attached hydrogens (tertiary/aromatic N) is 3. The summed E-state index contributed by atoms with van der Waals surface area (Å²) in [5.41, 5.74) is 4.16. The summed E-state index contributed by atoms with van der Waals surface area (Å²) in [6.07, 6.45) is 3.88. The maximum atomic E-state index is 12.7. The van der Waals surface area contributed by atoms with Crippen molar-refractivity contribution in [2.75, 3.05) is 44.8 Å². The zero-order valence-electron chi connectivity index (χ0n) is 18.1. The van der Waals surface area contributed by atoms with Gasteiger partial charge in [-0.2, -0.15) is 0 Å². The van der Waals surface area contributed by atoms with E-state index in [0.717, 1.165) is 74.1 Å². The van der Waals surface area contributed by atoms with Crippen LogP contribution < -0.4 is 15.2 Å². The molecular formula is C23H32N4O3. The SMILES string of the molecule is CCOCc1cc(CN2CCc3nc(N4CCCC4)[nH]c(=O)c3CC2)ccc1OC. The number of methoxy groups -OCH3 is 1. The van der Waals surface area contributed by atoms with Crippen LogP contribution in [0.1, 0.15) is 42.1 Å². The van der Waals surface area contributed by atoms with Gasteiger partial charge in [0.25, 0.3) is 5.56 Å². The third-order valence-electron chi connectivity index (χ3n) is 6.05. The molecule has 2 aliphatic heterocycles. The lowest BCUT2D eigenvalue weighted by Gasteiger charge is -2.20. The van der Waals surface area contributed by atoms with Gasteiger partial charge in [-0.05, 0) is 43.9 Å². The summed E-state index contributed by atoms with van der Waals surface area (Å²) in [6.45, 7) is 7.79. The van der Waals surface area contributed by atoms with Gasteiger partial charge < -0.3 is 14.4 Å². The molecule has 2 aromatic rings. The molecule has 1 fully saturated rings. The standard InChI is InChI=1S/C23H32N4O3/c1-3-30-16-18-14-17(6-7-21(18)29-2)15-26-12-8-19-20(9-13-26)24-23(25-22(19)28)27-10-4-5-11-27/h6-7,14H,3-5,8-13,15-16H2,1-2H3,(H,24,25,28). The summed E-state index contributed by atoms with van der Waals surface area (Å²) in [6, 6.07) is 6.30.